The highest BCUT2D eigenvalue weighted by Gasteiger charge is 2.38. The lowest BCUT2D eigenvalue weighted by atomic mass is 9.68. The number of methoxy groups -OCH3 is 1. The molecule has 1 aromatic rings. The Morgan fingerprint density at radius 1 is 1.31 bits per heavy atom. The first-order valence-corrected chi connectivity index (χ1v) is 6.08. The second-order valence-electron chi connectivity index (χ2n) is 5.13. The molecular formula is C14H18O2. The topological polar surface area (TPSA) is 18.5 Å². The first kappa shape index (κ1) is 10.0. The fraction of sp³-hybridized carbons (Fsp3) is 0.571. The Balaban J connectivity index is 2.24. The molecule has 3 rings (SSSR count). The van der Waals surface area contributed by atoms with Gasteiger partial charge in [-0.05, 0) is 43.2 Å². The second-order valence-corrected chi connectivity index (χ2v) is 5.13. The van der Waals surface area contributed by atoms with Gasteiger partial charge in [-0.3, -0.25) is 0 Å². The van der Waals surface area contributed by atoms with E-state index in [2.05, 4.69) is 13.0 Å². The van der Waals surface area contributed by atoms with Crippen LogP contribution < -0.4 is 9.47 Å². The fourth-order valence-electron chi connectivity index (χ4n) is 3.25. The van der Waals surface area contributed by atoms with E-state index in [1.807, 2.05) is 6.07 Å². The molecule has 0 aromatic heterocycles. The van der Waals surface area contributed by atoms with Gasteiger partial charge in [-0.1, -0.05) is 6.92 Å². The quantitative estimate of drug-likeness (QED) is 0.721. The van der Waals surface area contributed by atoms with Crippen LogP contribution in [0.15, 0.2) is 12.1 Å². The van der Waals surface area contributed by atoms with Crippen molar-refractivity contribution in [3.05, 3.63) is 23.3 Å². The normalized spacial score (nSPS) is 26.9. The van der Waals surface area contributed by atoms with Gasteiger partial charge in [-0.2, -0.15) is 0 Å². The van der Waals surface area contributed by atoms with E-state index < -0.39 is 0 Å². The molecule has 1 aliphatic heterocycles. The maximum atomic E-state index is 5.78. The first-order valence-electron chi connectivity index (χ1n) is 6.08. The minimum absolute atomic E-state index is 0.315. The molecule has 0 fully saturated rings. The lowest BCUT2D eigenvalue weighted by Gasteiger charge is -2.41. The molecule has 1 aliphatic carbocycles. The summed E-state index contributed by atoms with van der Waals surface area (Å²) in [6.07, 6.45) is 4.82. The molecule has 86 valence electrons. The van der Waals surface area contributed by atoms with Gasteiger partial charge in [-0.25, -0.2) is 0 Å². The van der Waals surface area contributed by atoms with Crippen LogP contribution >= 0.6 is 0 Å². The molecule has 0 saturated heterocycles. The number of rotatable bonds is 1. The summed E-state index contributed by atoms with van der Waals surface area (Å²) in [5, 5.41) is 0. The third kappa shape index (κ3) is 1.25. The van der Waals surface area contributed by atoms with E-state index in [0.29, 0.717) is 5.41 Å². The van der Waals surface area contributed by atoms with Gasteiger partial charge in [0.25, 0.3) is 0 Å². The predicted octanol–water partition coefficient (Wildman–Crippen LogP) is 3.07. The van der Waals surface area contributed by atoms with E-state index >= 15 is 0 Å². The molecule has 0 saturated carbocycles. The second kappa shape index (κ2) is 3.41. The summed E-state index contributed by atoms with van der Waals surface area (Å²) < 4.78 is 11.3. The monoisotopic (exact) mass is 218 g/mol. The van der Waals surface area contributed by atoms with Crippen molar-refractivity contribution < 1.29 is 9.47 Å². The summed E-state index contributed by atoms with van der Waals surface area (Å²) in [7, 11) is 1.76. The van der Waals surface area contributed by atoms with Gasteiger partial charge < -0.3 is 9.47 Å². The summed E-state index contributed by atoms with van der Waals surface area (Å²) in [6, 6.07) is 4.12. The molecule has 1 atom stereocenters. The molecule has 2 aliphatic rings. The molecule has 0 bridgehead atoms. The Hall–Kier alpha value is -1.18. The third-order valence-corrected chi connectivity index (χ3v) is 4.12. The maximum absolute atomic E-state index is 5.78. The van der Waals surface area contributed by atoms with Gasteiger partial charge in [0.2, 0.25) is 0 Å². The zero-order valence-electron chi connectivity index (χ0n) is 10.0. The van der Waals surface area contributed by atoms with Crippen LogP contribution in [0.5, 0.6) is 11.5 Å². The van der Waals surface area contributed by atoms with Crippen LogP contribution in [0.2, 0.25) is 0 Å². The number of hydrogen-bond acceptors (Lipinski definition) is 2. The highest BCUT2D eigenvalue weighted by atomic mass is 16.5. The van der Waals surface area contributed by atoms with Crippen molar-refractivity contribution in [2.45, 2.75) is 38.0 Å². The first-order chi connectivity index (χ1) is 7.74. The maximum Gasteiger partial charge on any atom is 0.123 e. The fourth-order valence-corrected chi connectivity index (χ4v) is 3.25. The molecule has 1 unspecified atom stereocenters. The highest BCUT2D eigenvalue weighted by molar-refractivity contribution is 5.54. The average Bonchev–Trinajstić information content (AvgIpc) is 2.29. The molecule has 16 heavy (non-hydrogen) atoms. The lowest BCUT2D eigenvalue weighted by Crippen LogP contribution is -2.34. The van der Waals surface area contributed by atoms with E-state index in [9.17, 15) is 0 Å². The molecule has 0 radical (unpaired) electrons. The number of benzene rings is 1. The molecular weight excluding hydrogens is 200 g/mol. The van der Waals surface area contributed by atoms with Crippen molar-refractivity contribution >= 4 is 0 Å². The van der Waals surface area contributed by atoms with E-state index in [4.69, 9.17) is 9.47 Å². The summed E-state index contributed by atoms with van der Waals surface area (Å²) in [4.78, 5) is 0. The number of ether oxygens (including phenoxy) is 2. The molecule has 0 amide bonds. The van der Waals surface area contributed by atoms with Crippen molar-refractivity contribution in [2.24, 2.45) is 0 Å². The molecule has 2 heteroatoms. The van der Waals surface area contributed by atoms with Crippen LogP contribution in [0.25, 0.3) is 0 Å². The van der Waals surface area contributed by atoms with Crippen LogP contribution in [0.1, 0.15) is 37.3 Å². The van der Waals surface area contributed by atoms with Gasteiger partial charge in [0, 0.05) is 11.1 Å². The third-order valence-electron chi connectivity index (χ3n) is 4.12. The Bertz CT molecular complexity index is 421. The van der Waals surface area contributed by atoms with Crippen molar-refractivity contribution in [1.29, 1.82) is 0 Å². The SMILES string of the molecule is COc1ccc2c3c1CCCC3(C)CCO2. The van der Waals surface area contributed by atoms with Crippen LogP contribution in [0.4, 0.5) is 0 Å². The Morgan fingerprint density at radius 2 is 2.19 bits per heavy atom. The summed E-state index contributed by atoms with van der Waals surface area (Å²) in [5.74, 6) is 2.12. The number of hydrogen-bond donors (Lipinski definition) is 0. The summed E-state index contributed by atoms with van der Waals surface area (Å²) in [6.45, 7) is 3.23. The molecule has 2 nitrogen and oxygen atoms in total. The van der Waals surface area contributed by atoms with E-state index in [1.165, 1.54) is 24.0 Å². The average molecular weight is 218 g/mol. The Kier molecular flexibility index (Phi) is 2.13. The minimum atomic E-state index is 0.315. The van der Waals surface area contributed by atoms with Gasteiger partial charge in [0.15, 0.2) is 0 Å². The molecule has 1 aromatic carbocycles. The summed E-state index contributed by atoms with van der Waals surface area (Å²) in [5.41, 5.74) is 3.12. The molecule has 1 heterocycles. The Morgan fingerprint density at radius 3 is 3.00 bits per heavy atom. The van der Waals surface area contributed by atoms with E-state index in [-0.39, 0.29) is 0 Å². The zero-order chi connectivity index (χ0) is 11.2. The summed E-state index contributed by atoms with van der Waals surface area (Å²) >= 11 is 0. The van der Waals surface area contributed by atoms with Crippen molar-refractivity contribution in [1.82, 2.24) is 0 Å². The van der Waals surface area contributed by atoms with Crippen molar-refractivity contribution in [3.63, 3.8) is 0 Å². The molecule has 0 spiro atoms. The standard InChI is InChI=1S/C14H18O2/c1-14-7-3-4-10-11(15-2)5-6-12(13(10)14)16-9-8-14/h5-6H,3-4,7-9H2,1-2H3. The van der Waals surface area contributed by atoms with Gasteiger partial charge in [0.1, 0.15) is 11.5 Å². The predicted molar refractivity (Wildman–Crippen MR) is 63.4 cm³/mol. The van der Waals surface area contributed by atoms with E-state index in [0.717, 1.165) is 30.9 Å². The minimum Gasteiger partial charge on any atom is -0.496 e. The van der Waals surface area contributed by atoms with Crippen molar-refractivity contribution in [3.8, 4) is 11.5 Å². The van der Waals surface area contributed by atoms with Gasteiger partial charge in [-0.15, -0.1) is 0 Å². The largest absolute Gasteiger partial charge is 0.496 e. The van der Waals surface area contributed by atoms with Crippen LogP contribution in [-0.2, 0) is 11.8 Å². The zero-order valence-corrected chi connectivity index (χ0v) is 10.0. The Labute approximate surface area is 96.6 Å². The molecule has 0 N–H and O–H groups in total. The van der Waals surface area contributed by atoms with Crippen LogP contribution in [0.3, 0.4) is 0 Å². The van der Waals surface area contributed by atoms with Gasteiger partial charge >= 0.3 is 0 Å². The highest BCUT2D eigenvalue weighted by Crippen LogP contribution is 2.49. The van der Waals surface area contributed by atoms with Crippen LogP contribution in [-0.4, -0.2) is 13.7 Å². The van der Waals surface area contributed by atoms with E-state index in [1.54, 1.807) is 7.11 Å². The lowest BCUT2D eigenvalue weighted by molar-refractivity contribution is 0.204. The smallest absolute Gasteiger partial charge is 0.123 e. The van der Waals surface area contributed by atoms with Crippen molar-refractivity contribution in [2.75, 3.05) is 13.7 Å². The van der Waals surface area contributed by atoms with Gasteiger partial charge in [0.05, 0.1) is 13.7 Å². The van der Waals surface area contributed by atoms with Crippen LogP contribution in [0, 0.1) is 0 Å².